The first-order valence-corrected chi connectivity index (χ1v) is 5.22. The normalized spacial score (nSPS) is 10.0. The van der Waals surface area contributed by atoms with Gasteiger partial charge in [-0.05, 0) is 24.6 Å². The van der Waals surface area contributed by atoms with E-state index in [2.05, 4.69) is 10.1 Å². The minimum absolute atomic E-state index is 0.323. The number of rotatable bonds is 5. The first kappa shape index (κ1) is 13.5. The summed E-state index contributed by atoms with van der Waals surface area (Å²) in [6.45, 7) is 1.05. The van der Waals surface area contributed by atoms with Gasteiger partial charge in [-0.2, -0.15) is 0 Å². The topological polar surface area (TPSA) is 75.6 Å². The molecule has 6 heteroatoms. The fourth-order valence-corrected chi connectivity index (χ4v) is 1.42. The molecule has 2 N–H and O–H groups in total. The van der Waals surface area contributed by atoms with E-state index >= 15 is 0 Å². The monoisotopic (exact) mass is 257 g/mol. The Morgan fingerprint density at radius 3 is 2.71 bits per heavy atom. The Kier molecular flexibility index (Phi) is 4.93. The van der Waals surface area contributed by atoms with E-state index in [1.165, 1.54) is 0 Å². The molecule has 0 heterocycles. The summed E-state index contributed by atoms with van der Waals surface area (Å²) in [5.41, 5.74) is 1.45. The van der Waals surface area contributed by atoms with Crippen molar-refractivity contribution in [2.45, 2.75) is 6.92 Å². The molecule has 1 rings (SSSR count). The number of nitrogens with one attached hydrogen (secondary N) is 1. The van der Waals surface area contributed by atoms with Crippen LogP contribution < -0.4 is 5.32 Å². The van der Waals surface area contributed by atoms with E-state index in [0.29, 0.717) is 10.7 Å². The molecule has 0 atom stereocenters. The van der Waals surface area contributed by atoms with Crippen molar-refractivity contribution in [1.82, 2.24) is 0 Å². The Balaban J connectivity index is 2.48. The van der Waals surface area contributed by atoms with Gasteiger partial charge in [0, 0.05) is 0 Å². The number of hydrogen-bond acceptors (Lipinski definition) is 3. The lowest BCUT2D eigenvalue weighted by Crippen LogP contribution is -2.20. The Labute approximate surface area is 103 Å². The average Bonchev–Trinajstić information content (AvgIpc) is 2.21. The molecular formula is C11H12ClNO4. The molecular weight excluding hydrogens is 246 g/mol. The van der Waals surface area contributed by atoms with Crippen molar-refractivity contribution in [3.8, 4) is 0 Å². The van der Waals surface area contributed by atoms with Gasteiger partial charge >= 0.3 is 5.97 Å². The quantitative estimate of drug-likeness (QED) is 0.842. The summed E-state index contributed by atoms with van der Waals surface area (Å²) < 4.78 is 4.64. The van der Waals surface area contributed by atoms with Crippen molar-refractivity contribution >= 4 is 29.2 Å². The number of carboxylic acids is 1. The fourth-order valence-electron chi connectivity index (χ4n) is 1.14. The summed E-state index contributed by atoms with van der Waals surface area (Å²) in [7, 11) is 0. The van der Waals surface area contributed by atoms with E-state index in [0.717, 1.165) is 5.56 Å². The largest absolute Gasteiger partial charge is 0.480 e. The van der Waals surface area contributed by atoms with Gasteiger partial charge < -0.3 is 15.2 Å². The lowest BCUT2D eigenvalue weighted by Gasteiger charge is -2.07. The Hall–Kier alpha value is -1.59. The number of carbonyl (C=O) groups excluding carboxylic acids is 1. The van der Waals surface area contributed by atoms with Gasteiger partial charge in [0.2, 0.25) is 5.91 Å². The Bertz CT molecular complexity index is 433. The number of carboxylic acid groups (broad SMARTS) is 1. The molecule has 0 saturated heterocycles. The van der Waals surface area contributed by atoms with Gasteiger partial charge in [-0.15, -0.1) is 0 Å². The highest BCUT2D eigenvalue weighted by atomic mass is 35.5. The van der Waals surface area contributed by atoms with Gasteiger partial charge in [-0.3, -0.25) is 4.79 Å². The zero-order valence-electron chi connectivity index (χ0n) is 9.20. The van der Waals surface area contributed by atoms with Gasteiger partial charge in [0.1, 0.15) is 13.2 Å². The van der Waals surface area contributed by atoms with Crippen LogP contribution in [-0.4, -0.2) is 30.2 Å². The molecule has 0 bridgehead atoms. The first-order chi connectivity index (χ1) is 7.99. The van der Waals surface area contributed by atoms with E-state index < -0.39 is 18.5 Å². The maximum absolute atomic E-state index is 11.3. The van der Waals surface area contributed by atoms with E-state index in [1.807, 2.05) is 6.92 Å². The third-order valence-corrected chi connectivity index (χ3v) is 2.17. The second kappa shape index (κ2) is 6.22. The Morgan fingerprint density at radius 1 is 1.41 bits per heavy atom. The van der Waals surface area contributed by atoms with Gasteiger partial charge in [0.25, 0.3) is 0 Å². The SMILES string of the molecule is Cc1ccc(NC(=O)COCC(=O)O)c(Cl)c1. The molecule has 0 fully saturated rings. The fraction of sp³-hybridized carbons (Fsp3) is 0.273. The number of halogens is 1. The molecule has 0 unspecified atom stereocenters. The molecule has 92 valence electrons. The molecule has 1 aromatic rings. The van der Waals surface area contributed by atoms with Crippen LogP contribution in [0, 0.1) is 6.92 Å². The van der Waals surface area contributed by atoms with Crippen LogP contribution in [-0.2, 0) is 14.3 Å². The van der Waals surface area contributed by atoms with Crippen LogP contribution in [0.15, 0.2) is 18.2 Å². The molecule has 0 aliphatic rings. The predicted octanol–water partition coefficient (Wildman–Crippen LogP) is 1.69. The van der Waals surface area contributed by atoms with Gasteiger partial charge in [0.15, 0.2) is 0 Å². The third kappa shape index (κ3) is 4.84. The van der Waals surface area contributed by atoms with Gasteiger partial charge in [-0.25, -0.2) is 4.79 Å². The summed E-state index contributed by atoms with van der Waals surface area (Å²) in [5, 5.41) is 11.3. The smallest absolute Gasteiger partial charge is 0.329 e. The molecule has 0 spiro atoms. The number of hydrogen-bond donors (Lipinski definition) is 2. The standard InChI is InChI=1S/C11H12ClNO4/c1-7-2-3-9(8(12)4-7)13-10(14)5-17-6-11(15)16/h2-4H,5-6H2,1H3,(H,13,14)(H,15,16). The van der Waals surface area contributed by atoms with Crippen LogP contribution >= 0.6 is 11.6 Å². The maximum atomic E-state index is 11.3. The number of aliphatic carboxylic acids is 1. The molecule has 0 aromatic heterocycles. The average molecular weight is 258 g/mol. The molecule has 1 amide bonds. The second-order valence-corrected chi connectivity index (χ2v) is 3.83. The van der Waals surface area contributed by atoms with Gasteiger partial charge in [-0.1, -0.05) is 17.7 Å². The van der Waals surface area contributed by atoms with Crippen molar-refractivity contribution in [2.24, 2.45) is 0 Å². The molecule has 5 nitrogen and oxygen atoms in total. The van der Waals surface area contributed by atoms with Crippen LogP contribution in [0.25, 0.3) is 0 Å². The first-order valence-electron chi connectivity index (χ1n) is 4.84. The van der Waals surface area contributed by atoms with Crippen molar-refractivity contribution in [3.63, 3.8) is 0 Å². The molecule has 0 aliphatic carbocycles. The van der Waals surface area contributed by atoms with E-state index in [4.69, 9.17) is 16.7 Å². The minimum atomic E-state index is -1.12. The highest BCUT2D eigenvalue weighted by Gasteiger charge is 2.07. The van der Waals surface area contributed by atoms with E-state index in [9.17, 15) is 9.59 Å². The number of carbonyl (C=O) groups is 2. The van der Waals surface area contributed by atoms with E-state index in [1.54, 1.807) is 18.2 Å². The van der Waals surface area contributed by atoms with Crippen LogP contribution in [0.2, 0.25) is 5.02 Å². The molecule has 0 radical (unpaired) electrons. The predicted molar refractivity (Wildman–Crippen MR) is 63.3 cm³/mol. The number of aryl methyl sites for hydroxylation is 1. The van der Waals surface area contributed by atoms with E-state index in [-0.39, 0.29) is 6.61 Å². The third-order valence-electron chi connectivity index (χ3n) is 1.86. The van der Waals surface area contributed by atoms with Crippen molar-refractivity contribution in [3.05, 3.63) is 28.8 Å². The number of benzene rings is 1. The van der Waals surface area contributed by atoms with Crippen LogP contribution in [0.4, 0.5) is 5.69 Å². The highest BCUT2D eigenvalue weighted by Crippen LogP contribution is 2.22. The summed E-state index contributed by atoms with van der Waals surface area (Å²) >= 11 is 5.91. The number of anilines is 1. The zero-order valence-corrected chi connectivity index (χ0v) is 9.95. The highest BCUT2D eigenvalue weighted by molar-refractivity contribution is 6.33. The second-order valence-electron chi connectivity index (χ2n) is 3.42. The van der Waals surface area contributed by atoms with Crippen LogP contribution in [0.3, 0.4) is 0 Å². The number of amides is 1. The van der Waals surface area contributed by atoms with Crippen molar-refractivity contribution in [1.29, 1.82) is 0 Å². The Morgan fingerprint density at radius 2 is 2.12 bits per heavy atom. The zero-order chi connectivity index (χ0) is 12.8. The minimum Gasteiger partial charge on any atom is -0.480 e. The summed E-state index contributed by atoms with van der Waals surface area (Å²) in [6.07, 6.45) is 0. The van der Waals surface area contributed by atoms with Crippen LogP contribution in [0.5, 0.6) is 0 Å². The summed E-state index contributed by atoms with van der Waals surface area (Å²) in [5.74, 6) is -1.57. The molecule has 0 aliphatic heterocycles. The lowest BCUT2D eigenvalue weighted by molar-refractivity contribution is -0.143. The van der Waals surface area contributed by atoms with Crippen molar-refractivity contribution in [2.75, 3.05) is 18.5 Å². The lowest BCUT2D eigenvalue weighted by atomic mass is 10.2. The summed E-state index contributed by atoms with van der Waals surface area (Å²) in [6, 6.07) is 5.20. The molecule has 1 aromatic carbocycles. The van der Waals surface area contributed by atoms with Gasteiger partial charge in [0.05, 0.1) is 10.7 Å². The summed E-state index contributed by atoms with van der Waals surface area (Å²) in [4.78, 5) is 21.5. The van der Waals surface area contributed by atoms with Crippen LogP contribution in [0.1, 0.15) is 5.56 Å². The molecule has 0 saturated carbocycles. The molecule has 17 heavy (non-hydrogen) atoms. The number of ether oxygens (including phenoxy) is 1. The van der Waals surface area contributed by atoms with Crippen molar-refractivity contribution < 1.29 is 19.4 Å². The maximum Gasteiger partial charge on any atom is 0.329 e.